The van der Waals surface area contributed by atoms with Gasteiger partial charge in [-0.1, -0.05) is 24.3 Å². The molecule has 0 fully saturated rings. The molecule has 0 bridgehead atoms. The summed E-state index contributed by atoms with van der Waals surface area (Å²) in [6.07, 6.45) is 3.70. The summed E-state index contributed by atoms with van der Waals surface area (Å²) in [5, 5.41) is 0. The van der Waals surface area contributed by atoms with Crippen molar-refractivity contribution < 1.29 is 0 Å². The van der Waals surface area contributed by atoms with Crippen molar-refractivity contribution in [3.63, 3.8) is 0 Å². The van der Waals surface area contributed by atoms with Gasteiger partial charge in [0.2, 0.25) is 0 Å². The molecule has 1 nitrogen and oxygen atoms in total. The average Bonchev–Trinajstić information content (AvgIpc) is 2.78. The van der Waals surface area contributed by atoms with Gasteiger partial charge in [-0.15, -0.1) is 12.4 Å². The molecular weight excluding hydrogens is 286 g/mol. The molecular formula is C17H24ClNS. The Morgan fingerprint density at radius 2 is 2.00 bits per heavy atom. The molecule has 1 heterocycles. The molecule has 1 aromatic rings. The number of allylic oxidation sites excluding steroid dienone is 1. The monoisotopic (exact) mass is 309 g/mol. The average molecular weight is 310 g/mol. The van der Waals surface area contributed by atoms with E-state index >= 15 is 0 Å². The zero-order valence-corrected chi connectivity index (χ0v) is 14.2. The summed E-state index contributed by atoms with van der Waals surface area (Å²) >= 11 is 2.17. The van der Waals surface area contributed by atoms with Gasteiger partial charge < -0.3 is 4.90 Å². The van der Waals surface area contributed by atoms with Crippen molar-refractivity contribution >= 4 is 29.7 Å². The van der Waals surface area contributed by atoms with Crippen LogP contribution >= 0.6 is 24.2 Å². The number of nitrogens with zero attached hydrogens (tertiary/aromatic N) is 1. The predicted octanol–water partition coefficient (Wildman–Crippen LogP) is 4.27. The lowest BCUT2D eigenvalue weighted by Crippen LogP contribution is -2.31. The molecule has 20 heavy (non-hydrogen) atoms. The van der Waals surface area contributed by atoms with E-state index in [1.165, 1.54) is 37.1 Å². The second kappa shape index (κ2) is 6.13. The number of hydrogen-bond donors (Lipinski definition) is 0. The molecule has 3 rings (SSSR count). The van der Waals surface area contributed by atoms with Crippen molar-refractivity contribution in [3.8, 4) is 0 Å². The highest BCUT2D eigenvalue weighted by molar-refractivity contribution is 8.00. The van der Waals surface area contributed by atoms with Gasteiger partial charge in [-0.3, -0.25) is 0 Å². The number of benzene rings is 1. The van der Waals surface area contributed by atoms with Gasteiger partial charge in [0.05, 0.1) is 0 Å². The van der Waals surface area contributed by atoms with Crippen LogP contribution in [0.1, 0.15) is 30.9 Å². The van der Waals surface area contributed by atoms with Crippen molar-refractivity contribution in [2.45, 2.75) is 30.9 Å². The van der Waals surface area contributed by atoms with Gasteiger partial charge >= 0.3 is 0 Å². The summed E-state index contributed by atoms with van der Waals surface area (Å²) in [7, 11) is 4.35. The zero-order valence-electron chi connectivity index (χ0n) is 12.6. The normalized spacial score (nSPS) is 24.4. The van der Waals surface area contributed by atoms with E-state index in [0.717, 1.165) is 0 Å². The van der Waals surface area contributed by atoms with Crippen LogP contribution in [0.4, 0.5) is 0 Å². The first-order valence-electron chi connectivity index (χ1n) is 7.20. The molecule has 110 valence electrons. The lowest BCUT2D eigenvalue weighted by molar-refractivity contribution is 0.383. The van der Waals surface area contributed by atoms with Crippen molar-refractivity contribution in [2.75, 3.05) is 26.4 Å². The topological polar surface area (TPSA) is 3.24 Å². The second-order valence-corrected chi connectivity index (χ2v) is 7.77. The predicted molar refractivity (Wildman–Crippen MR) is 93.0 cm³/mol. The zero-order chi connectivity index (χ0) is 13.5. The van der Waals surface area contributed by atoms with Crippen LogP contribution < -0.4 is 0 Å². The third-order valence-corrected chi connectivity index (χ3v) is 6.02. The molecule has 1 atom stereocenters. The Hall–Kier alpha value is -0.440. The van der Waals surface area contributed by atoms with Crippen LogP contribution in [0.15, 0.2) is 29.8 Å². The van der Waals surface area contributed by atoms with E-state index in [0.29, 0.717) is 4.75 Å². The van der Waals surface area contributed by atoms with Gasteiger partial charge in [0, 0.05) is 4.75 Å². The lowest BCUT2D eigenvalue weighted by atomic mass is 9.90. The number of hydrogen-bond acceptors (Lipinski definition) is 2. The van der Waals surface area contributed by atoms with E-state index in [-0.39, 0.29) is 12.4 Å². The van der Waals surface area contributed by atoms with Crippen LogP contribution in [-0.4, -0.2) is 36.0 Å². The summed E-state index contributed by atoms with van der Waals surface area (Å²) < 4.78 is 0.344. The second-order valence-electron chi connectivity index (χ2n) is 6.17. The minimum Gasteiger partial charge on any atom is -0.309 e. The molecule has 1 unspecified atom stereocenters. The molecule has 1 aliphatic carbocycles. The summed E-state index contributed by atoms with van der Waals surface area (Å²) in [6, 6.07) is 9.00. The summed E-state index contributed by atoms with van der Waals surface area (Å²) in [5.41, 5.74) is 6.46. The molecule has 0 saturated heterocycles. The molecule has 0 amide bonds. The molecule has 3 heteroatoms. The number of fused-ring (bicyclic) bond motifs is 2. The van der Waals surface area contributed by atoms with Crippen LogP contribution in [0.25, 0.3) is 5.57 Å². The van der Waals surface area contributed by atoms with E-state index in [1.54, 1.807) is 16.7 Å². The number of thioether (sulfide) groups is 1. The third-order valence-electron chi connectivity index (χ3n) is 4.52. The Bertz CT molecular complexity index is 523. The van der Waals surface area contributed by atoms with Crippen LogP contribution in [0.5, 0.6) is 0 Å². The Morgan fingerprint density at radius 3 is 2.75 bits per heavy atom. The standard InChI is InChI=1S/C17H23NS.ClH/c1-17(9-10-18(2)3)16-12-13-6-4-5-7-14(13)15(16)8-11-19-17;/h4-7H,8-12H2,1-3H3;1H. The molecule has 0 aromatic heterocycles. The maximum atomic E-state index is 2.46. The largest absolute Gasteiger partial charge is 0.309 e. The molecule has 0 radical (unpaired) electrons. The number of rotatable bonds is 3. The van der Waals surface area contributed by atoms with E-state index in [1.807, 2.05) is 0 Å². The van der Waals surface area contributed by atoms with Gasteiger partial charge in [0.15, 0.2) is 0 Å². The first kappa shape index (κ1) is 15.9. The van der Waals surface area contributed by atoms with Crippen molar-refractivity contribution in [1.29, 1.82) is 0 Å². The van der Waals surface area contributed by atoms with E-state index < -0.39 is 0 Å². The fourth-order valence-corrected chi connectivity index (χ4v) is 4.71. The van der Waals surface area contributed by atoms with E-state index in [4.69, 9.17) is 0 Å². The fraction of sp³-hybridized carbons (Fsp3) is 0.529. The van der Waals surface area contributed by atoms with Gasteiger partial charge in [-0.05, 0) is 74.9 Å². The molecule has 0 saturated carbocycles. The van der Waals surface area contributed by atoms with Gasteiger partial charge in [0.25, 0.3) is 0 Å². The number of halogens is 1. The van der Waals surface area contributed by atoms with Crippen LogP contribution in [0, 0.1) is 0 Å². The highest BCUT2D eigenvalue weighted by Gasteiger charge is 2.38. The smallest absolute Gasteiger partial charge is 0.0361 e. The maximum Gasteiger partial charge on any atom is 0.0361 e. The Kier molecular flexibility index (Phi) is 4.88. The van der Waals surface area contributed by atoms with Crippen molar-refractivity contribution in [1.82, 2.24) is 4.90 Å². The maximum absolute atomic E-state index is 2.46. The summed E-state index contributed by atoms with van der Waals surface area (Å²) in [4.78, 5) is 2.31. The van der Waals surface area contributed by atoms with Crippen LogP contribution in [0.2, 0.25) is 0 Å². The minimum absolute atomic E-state index is 0. The first-order chi connectivity index (χ1) is 9.10. The molecule has 0 spiro atoms. The van der Waals surface area contributed by atoms with E-state index in [2.05, 4.69) is 61.9 Å². The lowest BCUT2D eigenvalue weighted by Gasteiger charge is -2.36. The molecule has 1 aromatic carbocycles. The first-order valence-corrected chi connectivity index (χ1v) is 8.18. The van der Waals surface area contributed by atoms with Gasteiger partial charge in [-0.25, -0.2) is 0 Å². The van der Waals surface area contributed by atoms with Crippen molar-refractivity contribution in [3.05, 3.63) is 41.0 Å². The van der Waals surface area contributed by atoms with Gasteiger partial charge in [0.1, 0.15) is 0 Å². The minimum atomic E-state index is 0. The van der Waals surface area contributed by atoms with Crippen LogP contribution in [0.3, 0.4) is 0 Å². The Labute approximate surface area is 133 Å². The third kappa shape index (κ3) is 2.79. The van der Waals surface area contributed by atoms with Crippen LogP contribution in [-0.2, 0) is 6.42 Å². The summed E-state index contributed by atoms with van der Waals surface area (Å²) in [5.74, 6) is 1.27. The van der Waals surface area contributed by atoms with Crippen molar-refractivity contribution in [2.24, 2.45) is 0 Å². The summed E-state index contributed by atoms with van der Waals surface area (Å²) in [6.45, 7) is 3.64. The quantitative estimate of drug-likeness (QED) is 0.820. The Morgan fingerprint density at radius 1 is 1.25 bits per heavy atom. The SMILES string of the molecule is CN(C)CCC1(C)SCCC2=C1Cc1ccccc12.Cl. The molecule has 1 aliphatic heterocycles. The van der Waals surface area contributed by atoms with E-state index in [9.17, 15) is 0 Å². The highest BCUT2D eigenvalue weighted by atomic mass is 35.5. The fourth-order valence-electron chi connectivity index (χ4n) is 3.35. The molecule has 2 aliphatic rings. The Balaban J connectivity index is 0.00000147. The molecule has 0 N–H and O–H groups in total. The highest BCUT2D eigenvalue weighted by Crippen LogP contribution is 2.51. The van der Waals surface area contributed by atoms with Gasteiger partial charge in [-0.2, -0.15) is 11.8 Å².